The van der Waals surface area contributed by atoms with E-state index in [-0.39, 0.29) is 42.4 Å². The van der Waals surface area contributed by atoms with Crippen molar-refractivity contribution in [2.45, 2.75) is 45.6 Å². The molecule has 1 unspecified atom stereocenters. The number of piperidine rings is 1. The van der Waals surface area contributed by atoms with Gasteiger partial charge in [0.2, 0.25) is 11.8 Å². The summed E-state index contributed by atoms with van der Waals surface area (Å²) in [6.45, 7) is 5.82. The van der Waals surface area contributed by atoms with E-state index in [1.54, 1.807) is 19.1 Å². The van der Waals surface area contributed by atoms with Gasteiger partial charge in [0.05, 0.1) is 11.6 Å². The van der Waals surface area contributed by atoms with Gasteiger partial charge in [-0.05, 0) is 56.0 Å². The van der Waals surface area contributed by atoms with E-state index in [1.807, 2.05) is 47.1 Å². The molecule has 0 spiro atoms. The fourth-order valence-corrected chi connectivity index (χ4v) is 5.03. The third-order valence-corrected chi connectivity index (χ3v) is 6.83. The summed E-state index contributed by atoms with van der Waals surface area (Å²) in [4.78, 5) is 44.1. The molecule has 2 heterocycles. The monoisotopic (exact) mass is 465 g/mol. The number of nitrogens with zero attached hydrogens (tertiary/aromatic N) is 3. The number of amides is 3. The summed E-state index contributed by atoms with van der Waals surface area (Å²) in [5, 5.41) is 0. The first-order valence-electron chi connectivity index (χ1n) is 12.1. The van der Waals surface area contributed by atoms with Crippen molar-refractivity contribution in [3.63, 3.8) is 0 Å². The number of benzene rings is 2. The lowest BCUT2D eigenvalue weighted by atomic mass is 9.98. The average Bonchev–Trinajstić information content (AvgIpc) is 3.23. The Morgan fingerprint density at radius 2 is 1.79 bits per heavy atom. The Kier molecular flexibility index (Phi) is 7.29. The second kappa shape index (κ2) is 10.4. The molecule has 2 aliphatic rings. The average molecular weight is 466 g/mol. The number of halogens is 1. The number of likely N-dealkylation sites (tertiary alicyclic amines) is 1. The molecule has 7 heteroatoms. The van der Waals surface area contributed by atoms with Crippen molar-refractivity contribution in [2.24, 2.45) is 5.92 Å². The van der Waals surface area contributed by atoms with E-state index >= 15 is 0 Å². The first-order valence-corrected chi connectivity index (χ1v) is 12.1. The standard InChI is InChI=1S/C27H32FN3O3/c1-3-13-30(22-11-14-29(15-12-22)26(33)20-7-5-4-6-8-20)27(34)21-17-25(32)31(18-21)24-10-9-19(2)16-23(24)28/h4-10,16,21-22H,3,11-15,17-18H2,1-2H3. The summed E-state index contributed by atoms with van der Waals surface area (Å²) in [7, 11) is 0. The van der Waals surface area contributed by atoms with Gasteiger partial charge in [0.1, 0.15) is 5.82 Å². The number of rotatable bonds is 6. The summed E-state index contributed by atoms with van der Waals surface area (Å²) in [5.74, 6) is -1.17. The topological polar surface area (TPSA) is 60.9 Å². The second-order valence-corrected chi connectivity index (χ2v) is 9.28. The zero-order chi connectivity index (χ0) is 24.2. The summed E-state index contributed by atoms with van der Waals surface area (Å²) >= 11 is 0. The second-order valence-electron chi connectivity index (χ2n) is 9.28. The van der Waals surface area contributed by atoms with Crippen molar-refractivity contribution < 1.29 is 18.8 Å². The van der Waals surface area contributed by atoms with Gasteiger partial charge in [-0.2, -0.15) is 0 Å². The molecule has 0 saturated carbocycles. The Bertz CT molecular complexity index is 1050. The van der Waals surface area contributed by atoms with Crippen molar-refractivity contribution in [3.05, 3.63) is 65.5 Å². The van der Waals surface area contributed by atoms with E-state index in [2.05, 4.69) is 0 Å². The molecular weight excluding hydrogens is 433 g/mol. The minimum Gasteiger partial charge on any atom is -0.339 e. The molecule has 0 aliphatic carbocycles. The normalized spacial score (nSPS) is 18.9. The highest BCUT2D eigenvalue weighted by Gasteiger charge is 2.40. The van der Waals surface area contributed by atoms with Gasteiger partial charge in [0.25, 0.3) is 5.91 Å². The van der Waals surface area contributed by atoms with Crippen LogP contribution in [0.2, 0.25) is 0 Å². The lowest BCUT2D eigenvalue weighted by molar-refractivity contribution is -0.139. The van der Waals surface area contributed by atoms with Crippen molar-refractivity contribution in [2.75, 3.05) is 31.1 Å². The quantitative estimate of drug-likeness (QED) is 0.647. The van der Waals surface area contributed by atoms with Crippen LogP contribution in [-0.2, 0) is 9.59 Å². The van der Waals surface area contributed by atoms with Gasteiger partial charge in [0.15, 0.2) is 0 Å². The van der Waals surface area contributed by atoms with E-state index in [0.29, 0.717) is 38.0 Å². The summed E-state index contributed by atoms with van der Waals surface area (Å²) in [5.41, 5.74) is 1.70. The van der Waals surface area contributed by atoms with Crippen LogP contribution in [0.5, 0.6) is 0 Å². The number of hydrogen-bond acceptors (Lipinski definition) is 3. The molecule has 2 saturated heterocycles. The van der Waals surface area contributed by atoms with Crippen LogP contribution in [-0.4, -0.2) is 59.7 Å². The van der Waals surface area contributed by atoms with Gasteiger partial charge in [-0.15, -0.1) is 0 Å². The minimum atomic E-state index is -0.483. The highest BCUT2D eigenvalue weighted by atomic mass is 19.1. The summed E-state index contributed by atoms with van der Waals surface area (Å²) in [6, 6.07) is 14.1. The molecule has 4 rings (SSSR count). The molecule has 2 aromatic rings. The van der Waals surface area contributed by atoms with Crippen molar-refractivity contribution in [1.29, 1.82) is 0 Å². The Hall–Kier alpha value is -3.22. The molecule has 34 heavy (non-hydrogen) atoms. The Morgan fingerprint density at radius 1 is 1.09 bits per heavy atom. The SMILES string of the molecule is CCCN(C(=O)C1CC(=O)N(c2ccc(C)cc2F)C1)C1CCN(C(=O)c2ccccc2)CC1. The fourth-order valence-electron chi connectivity index (χ4n) is 5.03. The third-order valence-electron chi connectivity index (χ3n) is 6.83. The molecule has 2 aromatic carbocycles. The van der Waals surface area contributed by atoms with Crippen LogP contribution >= 0.6 is 0 Å². The number of carbonyl (C=O) groups excluding carboxylic acids is 3. The van der Waals surface area contributed by atoms with Crippen LogP contribution < -0.4 is 4.90 Å². The highest BCUT2D eigenvalue weighted by Crippen LogP contribution is 2.30. The van der Waals surface area contributed by atoms with Gasteiger partial charge < -0.3 is 14.7 Å². The van der Waals surface area contributed by atoms with E-state index in [9.17, 15) is 18.8 Å². The summed E-state index contributed by atoms with van der Waals surface area (Å²) < 4.78 is 14.5. The lowest BCUT2D eigenvalue weighted by Crippen LogP contribution is -2.50. The van der Waals surface area contributed by atoms with Crippen molar-refractivity contribution in [1.82, 2.24) is 9.80 Å². The van der Waals surface area contributed by atoms with Crippen LogP contribution in [0.15, 0.2) is 48.5 Å². The maximum atomic E-state index is 14.5. The molecule has 0 radical (unpaired) electrons. The number of aryl methyl sites for hydroxylation is 1. The van der Waals surface area contributed by atoms with Crippen molar-refractivity contribution >= 4 is 23.4 Å². The molecule has 0 N–H and O–H groups in total. The van der Waals surface area contributed by atoms with Crippen LogP contribution in [0.1, 0.15) is 48.5 Å². The molecule has 2 aliphatic heterocycles. The number of anilines is 1. The van der Waals surface area contributed by atoms with Gasteiger partial charge >= 0.3 is 0 Å². The van der Waals surface area contributed by atoms with Crippen LogP contribution in [0, 0.1) is 18.7 Å². The Morgan fingerprint density at radius 3 is 2.44 bits per heavy atom. The largest absolute Gasteiger partial charge is 0.339 e. The van der Waals surface area contributed by atoms with Gasteiger partial charge in [-0.1, -0.05) is 31.2 Å². The van der Waals surface area contributed by atoms with E-state index in [1.165, 1.54) is 11.0 Å². The zero-order valence-corrected chi connectivity index (χ0v) is 19.9. The van der Waals surface area contributed by atoms with Gasteiger partial charge in [-0.25, -0.2) is 4.39 Å². The number of carbonyl (C=O) groups is 3. The summed E-state index contributed by atoms with van der Waals surface area (Å²) in [6.07, 6.45) is 2.33. The highest BCUT2D eigenvalue weighted by molar-refractivity contribution is 6.00. The predicted molar refractivity (Wildman–Crippen MR) is 129 cm³/mol. The minimum absolute atomic E-state index is 0.0181. The van der Waals surface area contributed by atoms with Crippen LogP contribution in [0.4, 0.5) is 10.1 Å². The lowest BCUT2D eigenvalue weighted by Gasteiger charge is -2.39. The van der Waals surface area contributed by atoms with Crippen LogP contribution in [0.3, 0.4) is 0 Å². The molecule has 2 fully saturated rings. The first-order chi connectivity index (χ1) is 16.4. The number of hydrogen-bond donors (Lipinski definition) is 0. The molecule has 6 nitrogen and oxygen atoms in total. The Labute approximate surface area is 200 Å². The molecular formula is C27H32FN3O3. The smallest absolute Gasteiger partial charge is 0.253 e. The molecule has 180 valence electrons. The van der Waals surface area contributed by atoms with E-state index in [4.69, 9.17) is 0 Å². The fraction of sp³-hybridized carbons (Fsp3) is 0.444. The van der Waals surface area contributed by atoms with E-state index < -0.39 is 11.7 Å². The molecule has 1 atom stereocenters. The molecule has 0 bridgehead atoms. The van der Waals surface area contributed by atoms with Crippen molar-refractivity contribution in [3.8, 4) is 0 Å². The maximum Gasteiger partial charge on any atom is 0.253 e. The van der Waals surface area contributed by atoms with Gasteiger partial charge in [0, 0.05) is 44.2 Å². The maximum absolute atomic E-state index is 14.5. The van der Waals surface area contributed by atoms with Crippen LogP contribution in [0.25, 0.3) is 0 Å². The predicted octanol–water partition coefficient (Wildman–Crippen LogP) is 4.03. The molecule has 3 amide bonds. The zero-order valence-electron chi connectivity index (χ0n) is 19.9. The Balaban J connectivity index is 1.41. The van der Waals surface area contributed by atoms with Gasteiger partial charge in [-0.3, -0.25) is 14.4 Å². The third kappa shape index (κ3) is 4.98. The first kappa shape index (κ1) is 23.9. The van der Waals surface area contributed by atoms with E-state index in [0.717, 1.165) is 12.0 Å². The molecule has 0 aromatic heterocycles.